The van der Waals surface area contributed by atoms with Crippen LogP contribution in [0.15, 0.2) is 58.6 Å². The fourth-order valence-electron chi connectivity index (χ4n) is 2.99. The molecular formula is C18H14N4O4S2. The summed E-state index contributed by atoms with van der Waals surface area (Å²) in [5, 5.41) is 24.2. The van der Waals surface area contributed by atoms with Crippen molar-refractivity contribution in [1.29, 1.82) is 0 Å². The van der Waals surface area contributed by atoms with Crippen LogP contribution in [-0.4, -0.2) is 31.3 Å². The van der Waals surface area contributed by atoms with Crippen LogP contribution in [0.3, 0.4) is 0 Å². The number of nitrogens with one attached hydrogen (secondary N) is 2. The van der Waals surface area contributed by atoms with Crippen LogP contribution >= 0.6 is 23.5 Å². The molecule has 8 nitrogen and oxygen atoms in total. The van der Waals surface area contributed by atoms with E-state index in [-0.39, 0.29) is 11.4 Å². The molecule has 0 saturated heterocycles. The van der Waals surface area contributed by atoms with Gasteiger partial charge in [0.15, 0.2) is 0 Å². The number of hydrogen-bond donors (Lipinski definition) is 2. The van der Waals surface area contributed by atoms with Crippen LogP contribution in [0.2, 0.25) is 0 Å². The maximum absolute atomic E-state index is 11.1. The van der Waals surface area contributed by atoms with Crippen molar-refractivity contribution in [3.05, 3.63) is 69.0 Å². The molecule has 0 amide bonds. The molecule has 2 aromatic carbocycles. The molecule has 0 bridgehead atoms. The number of benzene rings is 2. The summed E-state index contributed by atoms with van der Waals surface area (Å²) in [4.78, 5) is 29.2. The molecule has 0 radical (unpaired) electrons. The summed E-state index contributed by atoms with van der Waals surface area (Å²) < 4.78 is 0. The Kier molecular flexibility index (Phi) is 4.97. The highest BCUT2D eigenvalue weighted by Crippen LogP contribution is 2.35. The summed E-state index contributed by atoms with van der Waals surface area (Å²) in [7, 11) is 0. The quantitative estimate of drug-likeness (QED) is 0.182. The van der Waals surface area contributed by atoms with Crippen molar-refractivity contribution in [1.82, 2.24) is 9.97 Å². The van der Waals surface area contributed by atoms with E-state index in [2.05, 4.69) is 9.97 Å². The summed E-state index contributed by atoms with van der Waals surface area (Å²) in [5.74, 6) is 1.42. The molecule has 0 aliphatic carbocycles. The summed E-state index contributed by atoms with van der Waals surface area (Å²) in [5.41, 5.74) is 1.57. The average molecular weight is 414 g/mol. The second-order valence-electron chi connectivity index (χ2n) is 5.98. The van der Waals surface area contributed by atoms with E-state index in [1.165, 1.54) is 35.7 Å². The molecule has 4 aromatic rings. The van der Waals surface area contributed by atoms with E-state index < -0.39 is 9.85 Å². The number of thioether (sulfide) groups is 2. The molecule has 10 heteroatoms. The standard InChI is InChI=1S/C18H14N4O4S2/c23-21(24)11-7-15-13(1-3-19-15)17(9-11)27-5-6-28-18-10-12(22(25)26)8-16-14(18)2-4-20-16/h1-4,7-10,19-20H,5-6H2. The molecule has 28 heavy (non-hydrogen) atoms. The number of non-ortho nitro benzene ring substituents is 2. The predicted octanol–water partition coefficient (Wildman–Crippen LogP) is 5.35. The van der Waals surface area contributed by atoms with Crippen LogP contribution < -0.4 is 0 Å². The third-order valence-electron chi connectivity index (χ3n) is 4.25. The SMILES string of the molecule is O=[N+]([O-])c1cc(SCCSc2cc([N+](=O)[O-])cc3[nH]ccc23)c2cc[nH]c2c1. The van der Waals surface area contributed by atoms with Gasteiger partial charge in [-0.1, -0.05) is 0 Å². The number of nitro benzene ring substituents is 2. The van der Waals surface area contributed by atoms with Crippen molar-refractivity contribution in [3.8, 4) is 0 Å². The first-order valence-corrected chi connectivity index (χ1v) is 10.3. The molecule has 142 valence electrons. The van der Waals surface area contributed by atoms with Crippen molar-refractivity contribution in [2.75, 3.05) is 11.5 Å². The Balaban J connectivity index is 1.50. The summed E-state index contributed by atoms with van der Waals surface area (Å²) in [6, 6.07) is 10.0. The Morgan fingerprint density at radius 3 is 1.57 bits per heavy atom. The fraction of sp³-hybridized carbons (Fsp3) is 0.111. The van der Waals surface area contributed by atoms with Gasteiger partial charge >= 0.3 is 0 Å². The van der Waals surface area contributed by atoms with Gasteiger partial charge in [0.2, 0.25) is 0 Å². The molecule has 0 fully saturated rings. The van der Waals surface area contributed by atoms with Gasteiger partial charge in [-0.3, -0.25) is 20.2 Å². The first-order valence-electron chi connectivity index (χ1n) is 8.29. The molecule has 0 unspecified atom stereocenters. The fourth-order valence-corrected chi connectivity index (χ4v) is 5.17. The van der Waals surface area contributed by atoms with Crippen LogP contribution in [-0.2, 0) is 0 Å². The number of hydrogen-bond acceptors (Lipinski definition) is 6. The number of aromatic amines is 2. The van der Waals surface area contributed by atoms with Gasteiger partial charge in [0, 0.05) is 68.7 Å². The zero-order valence-electron chi connectivity index (χ0n) is 14.4. The molecule has 0 saturated carbocycles. The van der Waals surface area contributed by atoms with Crippen LogP contribution in [0.5, 0.6) is 0 Å². The largest absolute Gasteiger partial charge is 0.361 e. The van der Waals surface area contributed by atoms with Crippen molar-refractivity contribution >= 4 is 56.7 Å². The number of nitro groups is 2. The number of fused-ring (bicyclic) bond motifs is 2. The third kappa shape index (κ3) is 3.56. The molecule has 0 atom stereocenters. The van der Waals surface area contributed by atoms with Gasteiger partial charge in [-0.05, 0) is 12.1 Å². The van der Waals surface area contributed by atoms with Crippen LogP contribution in [0.4, 0.5) is 11.4 Å². The van der Waals surface area contributed by atoms with E-state index in [9.17, 15) is 20.2 Å². The van der Waals surface area contributed by atoms with E-state index >= 15 is 0 Å². The second kappa shape index (κ2) is 7.56. The summed E-state index contributed by atoms with van der Waals surface area (Å²) in [6.45, 7) is 0. The van der Waals surface area contributed by atoms with E-state index in [1.807, 2.05) is 12.1 Å². The first kappa shape index (κ1) is 18.4. The Labute approximate surface area is 167 Å². The van der Waals surface area contributed by atoms with Gasteiger partial charge in [-0.15, -0.1) is 23.5 Å². The molecule has 0 aliphatic heterocycles. The number of nitrogens with zero attached hydrogens (tertiary/aromatic N) is 2. The second-order valence-corrected chi connectivity index (χ2v) is 8.25. The van der Waals surface area contributed by atoms with Gasteiger partial charge in [0.25, 0.3) is 11.4 Å². The zero-order chi connectivity index (χ0) is 19.7. The van der Waals surface area contributed by atoms with Gasteiger partial charge in [-0.25, -0.2) is 0 Å². The third-order valence-corrected chi connectivity index (χ3v) is 6.62. The molecule has 0 aliphatic rings. The Morgan fingerprint density at radius 1 is 0.750 bits per heavy atom. The molecule has 2 N–H and O–H groups in total. The van der Waals surface area contributed by atoms with E-state index in [1.54, 1.807) is 24.5 Å². The van der Waals surface area contributed by atoms with Gasteiger partial charge < -0.3 is 9.97 Å². The molecular weight excluding hydrogens is 400 g/mol. The maximum atomic E-state index is 11.1. The van der Waals surface area contributed by atoms with Crippen LogP contribution in [0.25, 0.3) is 21.8 Å². The van der Waals surface area contributed by atoms with Crippen molar-refractivity contribution in [2.24, 2.45) is 0 Å². The minimum Gasteiger partial charge on any atom is -0.361 e. The average Bonchev–Trinajstić information content (AvgIpc) is 3.33. The summed E-state index contributed by atoms with van der Waals surface area (Å²) in [6.07, 6.45) is 3.53. The Bertz CT molecular complexity index is 1110. The highest BCUT2D eigenvalue weighted by Gasteiger charge is 2.14. The maximum Gasteiger partial charge on any atom is 0.272 e. The molecule has 0 spiro atoms. The monoisotopic (exact) mass is 414 g/mol. The highest BCUT2D eigenvalue weighted by atomic mass is 32.2. The van der Waals surface area contributed by atoms with E-state index in [0.717, 1.165) is 31.6 Å². The molecule has 4 rings (SSSR count). The van der Waals surface area contributed by atoms with E-state index in [4.69, 9.17) is 0 Å². The van der Waals surface area contributed by atoms with Gasteiger partial charge in [-0.2, -0.15) is 0 Å². The van der Waals surface area contributed by atoms with Gasteiger partial charge in [0.1, 0.15) is 0 Å². The first-order chi connectivity index (χ1) is 13.5. The zero-order valence-corrected chi connectivity index (χ0v) is 16.0. The molecule has 2 heterocycles. The lowest BCUT2D eigenvalue weighted by molar-refractivity contribution is -0.385. The summed E-state index contributed by atoms with van der Waals surface area (Å²) >= 11 is 3.07. The topological polar surface area (TPSA) is 118 Å². The number of H-pyrrole nitrogens is 2. The number of rotatable bonds is 7. The van der Waals surface area contributed by atoms with Crippen molar-refractivity contribution in [3.63, 3.8) is 0 Å². The lowest BCUT2D eigenvalue weighted by Gasteiger charge is -2.06. The lowest BCUT2D eigenvalue weighted by Crippen LogP contribution is -1.91. The van der Waals surface area contributed by atoms with E-state index in [0.29, 0.717) is 11.5 Å². The number of aromatic nitrogens is 2. The Hall–Kier alpha value is -2.98. The van der Waals surface area contributed by atoms with Crippen molar-refractivity contribution in [2.45, 2.75) is 9.79 Å². The lowest BCUT2D eigenvalue weighted by atomic mass is 10.2. The highest BCUT2D eigenvalue weighted by molar-refractivity contribution is 8.03. The van der Waals surface area contributed by atoms with Crippen LogP contribution in [0, 0.1) is 20.2 Å². The van der Waals surface area contributed by atoms with Gasteiger partial charge in [0.05, 0.1) is 20.9 Å². The molecule has 2 aromatic heterocycles. The minimum absolute atomic E-state index is 0.0535. The Morgan fingerprint density at radius 2 is 1.18 bits per heavy atom. The van der Waals surface area contributed by atoms with Crippen molar-refractivity contribution < 1.29 is 9.85 Å². The smallest absolute Gasteiger partial charge is 0.272 e. The van der Waals surface area contributed by atoms with Crippen LogP contribution in [0.1, 0.15) is 0 Å². The normalized spacial score (nSPS) is 11.3. The minimum atomic E-state index is -0.398. The predicted molar refractivity (Wildman–Crippen MR) is 111 cm³/mol.